The number of hydrogen-bond donors (Lipinski definition) is 1. The van der Waals surface area contributed by atoms with Crippen molar-refractivity contribution < 1.29 is 4.74 Å². The Hall–Kier alpha value is -0.540. The lowest BCUT2D eigenvalue weighted by molar-refractivity contribution is 0.273. The summed E-state index contributed by atoms with van der Waals surface area (Å²) in [7, 11) is 1.70. The summed E-state index contributed by atoms with van der Waals surface area (Å²) in [5.74, 6) is 2.77. The van der Waals surface area contributed by atoms with Crippen LogP contribution >= 0.6 is 15.9 Å². The average molecular weight is 354 g/mol. The molecule has 21 heavy (non-hydrogen) atoms. The summed E-state index contributed by atoms with van der Waals surface area (Å²) in [6.45, 7) is 5.74. The SMILES string of the molecule is COc1ccc(C(C)NCCC2CCC(C)CC2)cc1Br. The van der Waals surface area contributed by atoms with Gasteiger partial charge in [-0.2, -0.15) is 0 Å². The fraction of sp³-hybridized carbons (Fsp3) is 0.667. The molecule has 1 aliphatic rings. The van der Waals surface area contributed by atoms with Crippen molar-refractivity contribution in [2.75, 3.05) is 13.7 Å². The highest BCUT2D eigenvalue weighted by Gasteiger charge is 2.18. The highest BCUT2D eigenvalue weighted by molar-refractivity contribution is 9.10. The molecule has 1 aliphatic carbocycles. The van der Waals surface area contributed by atoms with Gasteiger partial charge >= 0.3 is 0 Å². The Morgan fingerprint density at radius 3 is 2.62 bits per heavy atom. The highest BCUT2D eigenvalue weighted by atomic mass is 79.9. The molecule has 2 rings (SSSR count). The molecule has 0 bridgehead atoms. The lowest BCUT2D eigenvalue weighted by Gasteiger charge is -2.26. The maximum atomic E-state index is 5.28. The first kappa shape index (κ1) is 16.8. The van der Waals surface area contributed by atoms with E-state index >= 15 is 0 Å². The van der Waals surface area contributed by atoms with Gasteiger partial charge in [0.2, 0.25) is 0 Å². The Morgan fingerprint density at radius 1 is 1.29 bits per heavy atom. The van der Waals surface area contributed by atoms with Gasteiger partial charge in [-0.1, -0.05) is 38.7 Å². The Labute approximate surface area is 137 Å². The number of nitrogens with one attached hydrogen (secondary N) is 1. The lowest BCUT2D eigenvalue weighted by Crippen LogP contribution is -2.23. The predicted octanol–water partition coefficient (Wildman–Crippen LogP) is 5.32. The molecule has 1 aromatic carbocycles. The Kier molecular flexibility index (Phi) is 6.56. The van der Waals surface area contributed by atoms with Gasteiger partial charge in [0, 0.05) is 6.04 Å². The molecule has 0 spiro atoms. The van der Waals surface area contributed by atoms with Crippen LogP contribution in [0.5, 0.6) is 5.75 Å². The van der Waals surface area contributed by atoms with E-state index in [0.29, 0.717) is 6.04 Å². The van der Waals surface area contributed by atoms with Crippen LogP contribution in [-0.2, 0) is 0 Å². The minimum absolute atomic E-state index is 0.384. The van der Waals surface area contributed by atoms with E-state index in [4.69, 9.17) is 4.74 Å². The minimum Gasteiger partial charge on any atom is -0.496 e. The van der Waals surface area contributed by atoms with E-state index in [9.17, 15) is 0 Å². The summed E-state index contributed by atoms with van der Waals surface area (Å²) >= 11 is 3.56. The summed E-state index contributed by atoms with van der Waals surface area (Å²) in [6.07, 6.45) is 7.00. The van der Waals surface area contributed by atoms with E-state index in [0.717, 1.165) is 28.6 Å². The molecule has 0 aromatic heterocycles. The van der Waals surface area contributed by atoms with Crippen molar-refractivity contribution in [3.63, 3.8) is 0 Å². The fourth-order valence-electron chi connectivity index (χ4n) is 3.19. The highest BCUT2D eigenvalue weighted by Crippen LogP contribution is 2.31. The molecule has 0 radical (unpaired) electrons. The zero-order chi connectivity index (χ0) is 15.2. The van der Waals surface area contributed by atoms with Crippen LogP contribution in [0.3, 0.4) is 0 Å². The van der Waals surface area contributed by atoms with Crippen LogP contribution in [0.15, 0.2) is 22.7 Å². The molecule has 1 unspecified atom stereocenters. The van der Waals surface area contributed by atoms with Crippen LogP contribution < -0.4 is 10.1 Å². The third-order valence-corrected chi connectivity index (χ3v) is 5.43. The maximum absolute atomic E-state index is 5.28. The van der Waals surface area contributed by atoms with Crippen LogP contribution in [0.2, 0.25) is 0 Å². The first-order valence-electron chi connectivity index (χ1n) is 8.17. The minimum atomic E-state index is 0.384. The number of hydrogen-bond acceptors (Lipinski definition) is 2. The Morgan fingerprint density at radius 2 is 2.00 bits per heavy atom. The van der Waals surface area contributed by atoms with E-state index in [1.54, 1.807) is 7.11 Å². The van der Waals surface area contributed by atoms with Crippen molar-refractivity contribution in [1.29, 1.82) is 0 Å². The van der Waals surface area contributed by atoms with Crippen molar-refractivity contribution in [2.24, 2.45) is 11.8 Å². The van der Waals surface area contributed by atoms with Crippen LogP contribution in [0, 0.1) is 11.8 Å². The van der Waals surface area contributed by atoms with Crippen LogP contribution in [0.1, 0.15) is 57.6 Å². The van der Waals surface area contributed by atoms with Gasteiger partial charge in [0.1, 0.15) is 5.75 Å². The van der Waals surface area contributed by atoms with Crippen molar-refractivity contribution in [2.45, 2.75) is 52.0 Å². The molecule has 1 N–H and O–H groups in total. The number of methoxy groups -OCH3 is 1. The number of benzene rings is 1. The molecule has 1 atom stereocenters. The average Bonchev–Trinajstić information content (AvgIpc) is 2.49. The van der Waals surface area contributed by atoms with E-state index in [2.05, 4.69) is 47.2 Å². The lowest BCUT2D eigenvalue weighted by atomic mass is 9.81. The predicted molar refractivity (Wildman–Crippen MR) is 92.9 cm³/mol. The quantitative estimate of drug-likeness (QED) is 0.746. The van der Waals surface area contributed by atoms with Crippen molar-refractivity contribution >= 4 is 15.9 Å². The molecule has 0 aliphatic heterocycles. The largest absolute Gasteiger partial charge is 0.496 e. The normalized spacial score (nSPS) is 23.8. The number of ether oxygens (including phenoxy) is 1. The molecular formula is C18H28BrNO. The summed E-state index contributed by atoms with van der Waals surface area (Å²) in [5, 5.41) is 3.66. The van der Waals surface area contributed by atoms with Gasteiger partial charge in [-0.25, -0.2) is 0 Å². The molecule has 1 saturated carbocycles. The van der Waals surface area contributed by atoms with Crippen LogP contribution in [0.25, 0.3) is 0 Å². The molecular weight excluding hydrogens is 326 g/mol. The number of halogens is 1. The van der Waals surface area contributed by atoms with Crippen LogP contribution in [-0.4, -0.2) is 13.7 Å². The molecule has 0 saturated heterocycles. The van der Waals surface area contributed by atoms with Gasteiger partial charge in [-0.05, 0) is 65.4 Å². The molecule has 3 heteroatoms. The van der Waals surface area contributed by atoms with E-state index < -0.39 is 0 Å². The van der Waals surface area contributed by atoms with Crippen molar-refractivity contribution in [3.05, 3.63) is 28.2 Å². The molecule has 118 valence electrons. The van der Waals surface area contributed by atoms with Gasteiger partial charge in [0.05, 0.1) is 11.6 Å². The Balaban J connectivity index is 1.76. The number of rotatable bonds is 6. The van der Waals surface area contributed by atoms with Gasteiger partial charge in [0.15, 0.2) is 0 Å². The monoisotopic (exact) mass is 353 g/mol. The van der Waals surface area contributed by atoms with Gasteiger partial charge in [-0.15, -0.1) is 0 Å². The summed E-state index contributed by atoms with van der Waals surface area (Å²) in [6, 6.07) is 6.71. The molecule has 1 aromatic rings. The van der Waals surface area contributed by atoms with Gasteiger partial charge < -0.3 is 10.1 Å². The molecule has 1 fully saturated rings. The van der Waals surface area contributed by atoms with Gasteiger partial charge in [0.25, 0.3) is 0 Å². The van der Waals surface area contributed by atoms with Crippen molar-refractivity contribution in [1.82, 2.24) is 5.32 Å². The maximum Gasteiger partial charge on any atom is 0.133 e. The fourth-order valence-corrected chi connectivity index (χ4v) is 3.75. The smallest absolute Gasteiger partial charge is 0.133 e. The van der Waals surface area contributed by atoms with Gasteiger partial charge in [-0.3, -0.25) is 0 Å². The third kappa shape index (κ3) is 5.00. The zero-order valence-electron chi connectivity index (χ0n) is 13.5. The first-order chi connectivity index (χ1) is 10.1. The first-order valence-corrected chi connectivity index (χ1v) is 8.96. The second-order valence-corrected chi connectivity index (χ2v) is 7.34. The van der Waals surface area contributed by atoms with E-state index in [1.165, 1.54) is 37.7 Å². The third-order valence-electron chi connectivity index (χ3n) is 4.81. The standard InChI is InChI=1S/C18H28BrNO/c1-13-4-6-15(7-5-13)10-11-20-14(2)16-8-9-18(21-3)17(19)12-16/h8-9,12-15,20H,4-7,10-11H2,1-3H3. The molecule has 0 heterocycles. The van der Waals surface area contributed by atoms with Crippen molar-refractivity contribution in [3.8, 4) is 5.75 Å². The summed E-state index contributed by atoms with van der Waals surface area (Å²) in [5.41, 5.74) is 1.31. The summed E-state index contributed by atoms with van der Waals surface area (Å²) < 4.78 is 6.31. The molecule has 0 amide bonds. The van der Waals surface area contributed by atoms with E-state index in [-0.39, 0.29) is 0 Å². The van der Waals surface area contributed by atoms with E-state index in [1.807, 2.05) is 6.07 Å². The second kappa shape index (κ2) is 8.19. The van der Waals surface area contributed by atoms with Crippen LogP contribution in [0.4, 0.5) is 0 Å². The topological polar surface area (TPSA) is 21.3 Å². The zero-order valence-corrected chi connectivity index (χ0v) is 15.1. The molecule has 2 nitrogen and oxygen atoms in total. The Bertz CT molecular complexity index is 441. The second-order valence-electron chi connectivity index (χ2n) is 6.48. The summed E-state index contributed by atoms with van der Waals surface area (Å²) in [4.78, 5) is 0.